The smallest absolute Gasteiger partial charge is 0.331 e. The second-order valence-corrected chi connectivity index (χ2v) is 12.6. The van der Waals surface area contributed by atoms with Crippen LogP contribution in [0.2, 0.25) is 0 Å². The number of rotatable bonds is 26. The fraction of sp³-hybridized carbons (Fsp3) is 0.800. The average molecular weight is 590 g/mol. The third kappa shape index (κ3) is 26.7. The van der Waals surface area contributed by atoms with Crippen LogP contribution in [0.25, 0.3) is 0 Å². The van der Waals surface area contributed by atoms with Gasteiger partial charge in [-0.05, 0) is 13.3 Å². The summed E-state index contributed by atoms with van der Waals surface area (Å²) in [6.45, 7) is 3.63. The highest BCUT2D eigenvalue weighted by Crippen LogP contribution is 2.38. The van der Waals surface area contributed by atoms with E-state index in [1.165, 1.54) is 76.4 Å². The van der Waals surface area contributed by atoms with Crippen LogP contribution in [0.1, 0.15) is 104 Å². The first-order valence-electron chi connectivity index (χ1n) is 15.0. The van der Waals surface area contributed by atoms with Crippen LogP contribution in [0.3, 0.4) is 0 Å². The molecule has 0 saturated carbocycles. The van der Waals surface area contributed by atoms with Crippen molar-refractivity contribution in [3.05, 3.63) is 24.3 Å². The van der Waals surface area contributed by atoms with Crippen LogP contribution in [0.15, 0.2) is 24.3 Å². The van der Waals surface area contributed by atoms with Crippen LogP contribution in [0, 0.1) is 0 Å². The van der Waals surface area contributed by atoms with Crippen molar-refractivity contribution in [2.75, 3.05) is 47.5 Å². The molecule has 10 heteroatoms. The van der Waals surface area contributed by atoms with Gasteiger partial charge < -0.3 is 27.9 Å². The van der Waals surface area contributed by atoms with E-state index in [4.69, 9.17) is 18.5 Å². The summed E-state index contributed by atoms with van der Waals surface area (Å²) in [5.74, 6) is -1.12. The third-order valence-corrected chi connectivity index (χ3v) is 7.13. The number of esters is 2. The summed E-state index contributed by atoms with van der Waals surface area (Å²) in [5.41, 5.74) is 0. The third-order valence-electron chi connectivity index (χ3n) is 6.16. The summed E-state index contributed by atoms with van der Waals surface area (Å²) < 4.78 is 32.9. The molecule has 0 aliphatic heterocycles. The number of hydrogen-bond donors (Lipinski definition) is 0. The minimum atomic E-state index is -4.61. The zero-order chi connectivity index (χ0) is 30.1. The maximum Gasteiger partial charge on any atom is 0.331 e. The monoisotopic (exact) mass is 589 g/mol. The molecule has 0 heterocycles. The van der Waals surface area contributed by atoms with Gasteiger partial charge >= 0.3 is 11.9 Å². The Kier molecular flexibility index (Phi) is 23.2. The van der Waals surface area contributed by atoms with Gasteiger partial charge in [-0.2, -0.15) is 0 Å². The van der Waals surface area contributed by atoms with Gasteiger partial charge in [0.2, 0.25) is 0 Å². The van der Waals surface area contributed by atoms with Gasteiger partial charge in [-0.15, -0.1) is 0 Å². The molecule has 0 aromatic carbocycles. The lowest BCUT2D eigenvalue weighted by Gasteiger charge is -2.28. The molecule has 0 rings (SSSR count). The van der Waals surface area contributed by atoms with Gasteiger partial charge in [-0.3, -0.25) is 9.36 Å². The van der Waals surface area contributed by atoms with E-state index in [1.54, 1.807) is 19.1 Å². The van der Waals surface area contributed by atoms with E-state index in [9.17, 15) is 19.0 Å². The predicted octanol–water partition coefficient (Wildman–Crippen LogP) is 6.26. The Morgan fingerprint density at radius 2 is 1.38 bits per heavy atom. The quantitative estimate of drug-likeness (QED) is 0.0290. The van der Waals surface area contributed by atoms with E-state index in [-0.39, 0.29) is 19.6 Å². The first-order valence-corrected chi connectivity index (χ1v) is 16.5. The fourth-order valence-corrected chi connectivity index (χ4v) is 4.48. The standard InChI is InChI=1S/C30H56NO8P/c1-6-8-10-11-12-13-14-15-16-17-18-19-21-22-29(32)36-26-28(39-30(33)23-20-9-7-2)27-38-40(34,35)37-25-24-31(3,4)5/h7,9,20,23,28H,6,8,10-19,21-22,24-27H2,1-5H3/t28-/m1/s1. The van der Waals surface area contributed by atoms with Gasteiger partial charge in [-0.1, -0.05) is 102 Å². The van der Waals surface area contributed by atoms with Crippen molar-refractivity contribution >= 4 is 19.8 Å². The highest BCUT2D eigenvalue weighted by Gasteiger charge is 2.21. The summed E-state index contributed by atoms with van der Waals surface area (Å²) in [6, 6.07) is 0. The molecule has 234 valence electrons. The van der Waals surface area contributed by atoms with Crippen LogP contribution in [0.4, 0.5) is 0 Å². The number of carbonyl (C=O) groups is 2. The Morgan fingerprint density at radius 1 is 0.825 bits per heavy atom. The molecule has 0 spiro atoms. The van der Waals surface area contributed by atoms with Crippen molar-refractivity contribution in [2.24, 2.45) is 0 Å². The number of phosphoric ester groups is 1. The molecule has 0 fully saturated rings. The lowest BCUT2D eigenvalue weighted by Crippen LogP contribution is -2.37. The topological polar surface area (TPSA) is 111 Å². The van der Waals surface area contributed by atoms with Crippen molar-refractivity contribution in [3.63, 3.8) is 0 Å². The number of nitrogens with zero attached hydrogens (tertiary/aromatic N) is 1. The van der Waals surface area contributed by atoms with Crippen LogP contribution in [-0.2, 0) is 32.7 Å². The molecule has 0 aliphatic rings. The number of hydrogen-bond acceptors (Lipinski definition) is 8. The molecule has 40 heavy (non-hydrogen) atoms. The van der Waals surface area contributed by atoms with Gasteiger partial charge in [-0.25, -0.2) is 4.79 Å². The molecule has 1 unspecified atom stereocenters. The number of quaternary nitrogens is 1. The number of allylic oxidation sites excluding steroid dienone is 3. The maximum absolute atomic E-state index is 12.2. The fourth-order valence-electron chi connectivity index (χ4n) is 3.75. The first kappa shape index (κ1) is 38.5. The number of carbonyl (C=O) groups excluding carboxylic acids is 2. The lowest BCUT2D eigenvalue weighted by molar-refractivity contribution is -0.870. The Bertz CT molecular complexity index is 763. The van der Waals surface area contributed by atoms with E-state index in [2.05, 4.69) is 6.92 Å². The maximum atomic E-state index is 12.2. The second-order valence-electron chi connectivity index (χ2n) is 11.2. The van der Waals surface area contributed by atoms with Gasteiger partial charge in [0, 0.05) is 12.5 Å². The number of phosphoric acid groups is 1. The summed E-state index contributed by atoms with van der Waals surface area (Å²) in [6.07, 6.45) is 21.0. The summed E-state index contributed by atoms with van der Waals surface area (Å²) in [5, 5.41) is 0. The van der Waals surface area contributed by atoms with Crippen molar-refractivity contribution < 1.29 is 42.1 Å². The molecule has 0 aromatic rings. The normalized spacial score (nSPS) is 14.4. The number of likely N-dealkylation sites (N-methyl/N-ethyl adjacent to an activating group) is 1. The van der Waals surface area contributed by atoms with E-state index >= 15 is 0 Å². The Labute approximate surface area is 243 Å². The predicted molar refractivity (Wildman–Crippen MR) is 158 cm³/mol. The second kappa shape index (κ2) is 24.1. The molecule has 0 bridgehead atoms. The van der Waals surface area contributed by atoms with E-state index < -0.39 is 32.5 Å². The van der Waals surface area contributed by atoms with Crippen molar-refractivity contribution in [1.82, 2.24) is 0 Å². The van der Waals surface area contributed by atoms with Crippen molar-refractivity contribution in [3.8, 4) is 0 Å². The minimum absolute atomic E-state index is 0.0467. The van der Waals surface area contributed by atoms with Gasteiger partial charge in [0.25, 0.3) is 7.82 Å². The van der Waals surface area contributed by atoms with Gasteiger partial charge in [0.15, 0.2) is 6.10 Å². The van der Waals surface area contributed by atoms with Gasteiger partial charge in [0.05, 0.1) is 27.7 Å². The molecule has 2 atom stereocenters. The van der Waals surface area contributed by atoms with Crippen molar-refractivity contribution in [1.29, 1.82) is 0 Å². The van der Waals surface area contributed by atoms with Crippen LogP contribution in [-0.4, -0.2) is 70.0 Å². The van der Waals surface area contributed by atoms with Crippen LogP contribution < -0.4 is 4.89 Å². The Balaban J connectivity index is 4.32. The van der Waals surface area contributed by atoms with E-state index in [0.29, 0.717) is 11.0 Å². The highest BCUT2D eigenvalue weighted by molar-refractivity contribution is 7.45. The average Bonchev–Trinajstić information content (AvgIpc) is 2.87. The summed E-state index contributed by atoms with van der Waals surface area (Å²) in [4.78, 5) is 36.4. The Hall–Kier alpha value is -1.51. The molecule has 0 N–H and O–H groups in total. The molecule has 0 saturated heterocycles. The van der Waals surface area contributed by atoms with Crippen LogP contribution in [0.5, 0.6) is 0 Å². The zero-order valence-electron chi connectivity index (χ0n) is 25.8. The summed E-state index contributed by atoms with van der Waals surface area (Å²) >= 11 is 0. The number of ether oxygens (including phenoxy) is 2. The van der Waals surface area contributed by atoms with E-state index in [0.717, 1.165) is 19.3 Å². The SMILES string of the molecule is CC=CC=CC(=O)O[C@H](COC(=O)CCCCCCCCCCCCCCC)COP(=O)([O-])OCC[N+](C)(C)C. The molecule has 0 aromatic heterocycles. The zero-order valence-corrected chi connectivity index (χ0v) is 26.7. The largest absolute Gasteiger partial charge is 0.756 e. The van der Waals surface area contributed by atoms with E-state index in [1.807, 2.05) is 21.1 Å². The minimum Gasteiger partial charge on any atom is -0.756 e. The summed E-state index contributed by atoms with van der Waals surface area (Å²) in [7, 11) is 1.10. The number of unbranched alkanes of at least 4 members (excludes halogenated alkanes) is 12. The highest BCUT2D eigenvalue weighted by atomic mass is 31.2. The molecular weight excluding hydrogens is 533 g/mol. The van der Waals surface area contributed by atoms with Gasteiger partial charge in [0.1, 0.15) is 19.8 Å². The van der Waals surface area contributed by atoms with Crippen molar-refractivity contribution in [2.45, 2.75) is 110 Å². The molecule has 0 aliphatic carbocycles. The Morgan fingerprint density at radius 3 is 1.90 bits per heavy atom. The van der Waals surface area contributed by atoms with Crippen LogP contribution >= 0.6 is 7.82 Å². The molecule has 9 nitrogen and oxygen atoms in total. The lowest BCUT2D eigenvalue weighted by atomic mass is 10.0. The first-order chi connectivity index (χ1) is 19.0. The molecule has 0 amide bonds. The molecule has 0 radical (unpaired) electrons. The molecular formula is C30H56NO8P.